The minimum absolute atomic E-state index is 0.960. The van der Waals surface area contributed by atoms with Crippen molar-refractivity contribution in [3.05, 3.63) is 120 Å². The second kappa shape index (κ2) is 8.43. The van der Waals surface area contributed by atoms with Gasteiger partial charge in [0.1, 0.15) is 5.82 Å². The largest absolute Gasteiger partial charge is 0.292 e. The van der Waals surface area contributed by atoms with Crippen LogP contribution in [-0.4, -0.2) is 9.55 Å². The Morgan fingerprint density at radius 3 is 2.05 bits per heavy atom. The average Bonchev–Trinajstić information content (AvgIpc) is 3.48. The van der Waals surface area contributed by atoms with Crippen molar-refractivity contribution in [1.82, 2.24) is 9.55 Å². The first kappa shape index (κ1) is 22.0. The van der Waals surface area contributed by atoms with E-state index in [1.807, 2.05) is 11.3 Å². The number of fused-ring (bicyclic) bond motifs is 4. The predicted octanol–water partition coefficient (Wildman–Crippen LogP) is 9.65. The van der Waals surface area contributed by atoms with Crippen molar-refractivity contribution in [2.24, 2.45) is 0 Å². The lowest BCUT2D eigenvalue weighted by Crippen LogP contribution is -1.97. The summed E-state index contributed by atoms with van der Waals surface area (Å²) in [5.41, 5.74) is 10.8. The van der Waals surface area contributed by atoms with Crippen LogP contribution in [0.25, 0.3) is 59.4 Å². The Morgan fingerprint density at radius 1 is 0.622 bits per heavy atom. The number of thiophene rings is 1. The molecule has 0 radical (unpaired) electrons. The summed E-state index contributed by atoms with van der Waals surface area (Å²) in [7, 11) is 0. The lowest BCUT2D eigenvalue weighted by molar-refractivity contribution is 1.10. The molecule has 0 unspecified atom stereocenters. The molecule has 0 amide bonds. The van der Waals surface area contributed by atoms with Gasteiger partial charge in [0.25, 0.3) is 0 Å². The molecule has 7 rings (SSSR count). The van der Waals surface area contributed by atoms with Crippen LogP contribution < -0.4 is 0 Å². The third-order valence-electron chi connectivity index (χ3n) is 7.18. The number of nitrogens with zero attached hydrogens (tertiary/aromatic N) is 2. The van der Waals surface area contributed by atoms with Gasteiger partial charge < -0.3 is 0 Å². The Bertz CT molecular complexity index is 1940. The number of aryl methyl sites for hydroxylation is 3. The molecule has 2 aromatic heterocycles. The molecule has 178 valence electrons. The lowest BCUT2D eigenvalue weighted by Gasteiger charge is -2.11. The van der Waals surface area contributed by atoms with Gasteiger partial charge in [0.05, 0.1) is 11.0 Å². The topological polar surface area (TPSA) is 17.8 Å². The van der Waals surface area contributed by atoms with Crippen molar-refractivity contribution >= 4 is 42.5 Å². The van der Waals surface area contributed by atoms with Gasteiger partial charge in [-0.05, 0) is 85.5 Å². The molecule has 0 N–H and O–H groups in total. The van der Waals surface area contributed by atoms with Crippen LogP contribution in [0.1, 0.15) is 16.7 Å². The molecule has 0 saturated carbocycles. The molecule has 3 heteroatoms. The highest BCUT2D eigenvalue weighted by molar-refractivity contribution is 7.26. The summed E-state index contributed by atoms with van der Waals surface area (Å²) in [6.45, 7) is 6.62. The Morgan fingerprint density at radius 2 is 1.27 bits per heavy atom. The van der Waals surface area contributed by atoms with Crippen LogP contribution in [0.2, 0.25) is 0 Å². The number of rotatable bonds is 3. The summed E-state index contributed by atoms with van der Waals surface area (Å²) in [4.78, 5) is 5.04. The third kappa shape index (κ3) is 3.58. The molecule has 0 spiro atoms. The molecule has 2 nitrogen and oxygen atoms in total. The molecule has 0 atom stereocenters. The van der Waals surface area contributed by atoms with Crippen LogP contribution in [0.3, 0.4) is 0 Å². The number of hydrogen-bond donors (Lipinski definition) is 0. The minimum atomic E-state index is 0.960. The molecule has 0 aliphatic carbocycles. The Hall–Kier alpha value is -4.21. The first-order valence-corrected chi connectivity index (χ1v) is 13.5. The van der Waals surface area contributed by atoms with E-state index >= 15 is 0 Å². The SMILES string of the molecule is Cc1cc(C)c2sc3c(-c4ccc(-c5nc6ccccc6n5-c5ccccc5)cc4)cc(C)cc3c2c1. The number of aromatic nitrogens is 2. The monoisotopic (exact) mass is 494 g/mol. The van der Waals surface area contributed by atoms with E-state index in [4.69, 9.17) is 4.98 Å². The van der Waals surface area contributed by atoms with Crippen LogP contribution in [0.15, 0.2) is 103 Å². The maximum atomic E-state index is 5.04. The van der Waals surface area contributed by atoms with E-state index in [9.17, 15) is 0 Å². The highest BCUT2D eigenvalue weighted by Crippen LogP contribution is 2.42. The first-order valence-electron chi connectivity index (χ1n) is 12.6. The summed E-state index contributed by atoms with van der Waals surface area (Å²) >= 11 is 1.91. The van der Waals surface area contributed by atoms with Gasteiger partial charge in [-0.3, -0.25) is 4.57 Å². The zero-order valence-electron chi connectivity index (χ0n) is 21.1. The summed E-state index contributed by atoms with van der Waals surface area (Å²) in [6.07, 6.45) is 0. The normalized spacial score (nSPS) is 11.6. The van der Waals surface area contributed by atoms with E-state index in [1.54, 1.807) is 0 Å². The molecule has 2 heterocycles. The zero-order chi connectivity index (χ0) is 25.1. The smallest absolute Gasteiger partial charge is 0.145 e. The summed E-state index contributed by atoms with van der Waals surface area (Å²) in [5, 5.41) is 2.73. The second-order valence-corrected chi connectivity index (χ2v) is 10.9. The van der Waals surface area contributed by atoms with Gasteiger partial charge in [0, 0.05) is 31.4 Å². The fourth-order valence-corrected chi connectivity index (χ4v) is 6.81. The molecule has 0 aliphatic heterocycles. The van der Waals surface area contributed by atoms with Crippen molar-refractivity contribution in [2.45, 2.75) is 20.8 Å². The van der Waals surface area contributed by atoms with Gasteiger partial charge in [-0.15, -0.1) is 11.3 Å². The van der Waals surface area contributed by atoms with Crippen molar-refractivity contribution in [2.75, 3.05) is 0 Å². The van der Waals surface area contributed by atoms with Crippen molar-refractivity contribution in [3.8, 4) is 28.2 Å². The van der Waals surface area contributed by atoms with E-state index in [0.29, 0.717) is 0 Å². The fraction of sp³-hybridized carbons (Fsp3) is 0.0882. The zero-order valence-corrected chi connectivity index (χ0v) is 21.9. The van der Waals surface area contributed by atoms with E-state index in [-0.39, 0.29) is 0 Å². The van der Waals surface area contributed by atoms with Gasteiger partial charge in [-0.25, -0.2) is 4.98 Å². The maximum Gasteiger partial charge on any atom is 0.145 e. The molecule has 0 aliphatic rings. The Labute approximate surface area is 220 Å². The Kier molecular flexibility index (Phi) is 5.02. The van der Waals surface area contributed by atoms with Crippen LogP contribution >= 0.6 is 11.3 Å². The molecule has 7 aromatic rings. The van der Waals surface area contributed by atoms with Crippen molar-refractivity contribution < 1.29 is 0 Å². The highest BCUT2D eigenvalue weighted by atomic mass is 32.1. The molecule has 0 saturated heterocycles. The van der Waals surface area contributed by atoms with E-state index in [0.717, 1.165) is 28.1 Å². The quantitative estimate of drug-likeness (QED) is 0.239. The minimum Gasteiger partial charge on any atom is -0.292 e. The number of benzene rings is 5. The van der Waals surface area contributed by atoms with Gasteiger partial charge >= 0.3 is 0 Å². The third-order valence-corrected chi connectivity index (χ3v) is 8.57. The standard InChI is InChI=1S/C34H26N2S/c1-21-17-23(3)32-28(19-21)29-20-22(2)18-27(33(29)37-32)24-13-15-25(16-14-24)34-35-30-11-7-8-12-31(30)36(34)26-9-5-4-6-10-26/h4-20H,1-3H3. The number of para-hydroxylation sites is 3. The van der Waals surface area contributed by atoms with Crippen molar-refractivity contribution in [3.63, 3.8) is 0 Å². The van der Waals surface area contributed by atoms with E-state index in [1.165, 1.54) is 48.0 Å². The molecule has 37 heavy (non-hydrogen) atoms. The number of imidazole rings is 1. The molecule has 5 aromatic carbocycles. The van der Waals surface area contributed by atoms with E-state index < -0.39 is 0 Å². The summed E-state index contributed by atoms with van der Waals surface area (Å²) in [5.74, 6) is 0.960. The summed E-state index contributed by atoms with van der Waals surface area (Å²) < 4.78 is 5.01. The van der Waals surface area contributed by atoms with Gasteiger partial charge in [-0.2, -0.15) is 0 Å². The van der Waals surface area contributed by atoms with Crippen LogP contribution in [-0.2, 0) is 0 Å². The van der Waals surface area contributed by atoms with Crippen LogP contribution in [0.5, 0.6) is 0 Å². The van der Waals surface area contributed by atoms with Crippen molar-refractivity contribution in [1.29, 1.82) is 0 Å². The molecule has 0 bridgehead atoms. The maximum absolute atomic E-state index is 5.04. The predicted molar refractivity (Wildman–Crippen MR) is 159 cm³/mol. The summed E-state index contributed by atoms with van der Waals surface area (Å²) in [6, 6.07) is 37.1. The van der Waals surface area contributed by atoms with Gasteiger partial charge in [0.15, 0.2) is 0 Å². The molecule has 0 fully saturated rings. The first-order chi connectivity index (χ1) is 18.1. The molecular weight excluding hydrogens is 468 g/mol. The van der Waals surface area contributed by atoms with Crippen LogP contribution in [0.4, 0.5) is 0 Å². The fourth-order valence-electron chi connectivity index (χ4n) is 5.55. The van der Waals surface area contributed by atoms with Crippen LogP contribution in [0, 0.1) is 20.8 Å². The number of hydrogen-bond acceptors (Lipinski definition) is 2. The van der Waals surface area contributed by atoms with Gasteiger partial charge in [0.2, 0.25) is 0 Å². The lowest BCUT2D eigenvalue weighted by atomic mass is 9.98. The molecular formula is C34H26N2S. The van der Waals surface area contributed by atoms with Gasteiger partial charge in [-0.1, -0.05) is 66.2 Å². The average molecular weight is 495 g/mol. The highest BCUT2D eigenvalue weighted by Gasteiger charge is 2.16. The van der Waals surface area contributed by atoms with E-state index in [2.05, 4.69) is 128 Å². The Balaban J connectivity index is 1.40. The second-order valence-electron chi connectivity index (χ2n) is 9.92.